The van der Waals surface area contributed by atoms with Crippen LogP contribution < -0.4 is 10.1 Å². The largest absolute Gasteiger partial charge is 0.434 e. The SMILES string of the molecule is COCCNc1nc(-c2ccccc2OC(F)F)cs1. The lowest BCUT2D eigenvalue weighted by Gasteiger charge is -2.08. The topological polar surface area (TPSA) is 43.4 Å². The molecule has 0 fully saturated rings. The van der Waals surface area contributed by atoms with Gasteiger partial charge < -0.3 is 14.8 Å². The summed E-state index contributed by atoms with van der Waals surface area (Å²) in [7, 11) is 1.62. The van der Waals surface area contributed by atoms with Crippen molar-refractivity contribution in [2.24, 2.45) is 0 Å². The van der Waals surface area contributed by atoms with Crippen LogP contribution in [0.2, 0.25) is 0 Å². The Morgan fingerprint density at radius 2 is 2.15 bits per heavy atom. The van der Waals surface area contributed by atoms with Crippen molar-refractivity contribution in [3.63, 3.8) is 0 Å². The maximum Gasteiger partial charge on any atom is 0.387 e. The van der Waals surface area contributed by atoms with E-state index in [0.29, 0.717) is 29.5 Å². The van der Waals surface area contributed by atoms with E-state index >= 15 is 0 Å². The Balaban J connectivity index is 2.15. The summed E-state index contributed by atoms with van der Waals surface area (Å²) in [6.07, 6.45) is 0. The second-order valence-electron chi connectivity index (χ2n) is 3.83. The summed E-state index contributed by atoms with van der Waals surface area (Å²) in [5, 5.41) is 5.60. The molecule has 0 saturated carbocycles. The average molecular weight is 300 g/mol. The van der Waals surface area contributed by atoms with Gasteiger partial charge in [-0.3, -0.25) is 0 Å². The smallest absolute Gasteiger partial charge is 0.387 e. The van der Waals surface area contributed by atoms with Crippen molar-refractivity contribution in [1.29, 1.82) is 0 Å². The first-order valence-corrected chi connectivity index (χ1v) is 6.81. The first kappa shape index (κ1) is 14.7. The first-order valence-electron chi connectivity index (χ1n) is 5.93. The fourth-order valence-electron chi connectivity index (χ4n) is 1.62. The molecule has 0 aliphatic rings. The maximum atomic E-state index is 12.4. The third kappa shape index (κ3) is 3.88. The molecule has 1 N–H and O–H groups in total. The number of aromatic nitrogens is 1. The molecule has 1 aromatic heterocycles. The minimum absolute atomic E-state index is 0.122. The van der Waals surface area contributed by atoms with Crippen molar-refractivity contribution in [2.45, 2.75) is 6.61 Å². The summed E-state index contributed by atoms with van der Waals surface area (Å²) in [6.45, 7) is -1.65. The van der Waals surface area contributed by atoms with Crippen LogP contribution >= 0.6 is 11.3 Å². The maximum absolute atomic E-state index is 12.4. The first-order chi connectivity index (χ1) is 9.70. The summed E-state index contributed by atoms with van der Waals surface area (Å²) in [5.41, 5.74) is 1.15. The summed E-state index contributed by atoms with van der Waals surface area (Å²) in [5.74, 6) is 0.122. The van der Waals surface area contributed by atoms with E-state index in [0.717, 1.165) is 0 Å². The van der Waals surface area contributed by atoms with Crippen molar-refractivity contribution >= 4 is 16.5 Å². The van der Waals surface area contributed by atoms with Gasteiger partial charge in [0.1, 0.15) is 5.75 Å². The summed E-state index contributed by atoms with van der Waals surface area (Å²) < 4.78 is 34.1. The monoisotopic (exact) mass is 300 g/mol. The van der Waals surface area contributed by atoms with Gasteiger partial charge >= 0.3 is 6.61 Å². The minimum Gasteiger partial charge on any atom is -0.434 e. The van der Waals surface area contributed by atoms with E-state index in [-0.39, 0.29) is 5.75 Å². The number of hydrogen-bond acceptors (Lipinski definition) is 5. The Hall–Kier alpha value is -1.73. The zero-order chi connectivity index (χ0) is 14.4. The minimum atomic E-state index is -2.85. The number of ether oxygens (including phenoxy) is 2. The number of para-hydroxylation sites is 1. The number of methoxy groups -OCH3 is 1. The second-order valence-corrected chi connectivity index (χ2v) is 4.69. The molecular formula is C13H14F2N2O2S. The molecule has 7 heteroatoms. The normalized spacial score (nSPS) is 10.8. The van der Waals surface area contributed by atoms with Gasteiger partial charge in [0.05, 0.1) is 12.3 Å². The molecule has 1 aromatic carbocycles. The van der Waals surface area contributed by atoms with Crippen LogP contribution in [0.25, 0.3) is 11.3 Å². The van der Waals surface area contributed by atoms with E-state index in [1.165, 1.54) is 17.4 Å². The highest BCUT2D eigenvalue weighted by molar-refractivity contribution is 7.14. The van der Waals surface area contributed by atoms with Gasteiger partial charge in [-0.2, -0.15) is 8.78 Å². The highest BCUT2D eigenvalue weighted by atomic mass is 32.1. The van der Waals surface area contributed by atoms with E-state index in [1.807, 2.05) is 0 Å². The van der Waals surface area contributed by atoms with Crippen molar-refractivity contribution in [3.8, 4) is 17.0 Å². The highest BCUT2D eigenvalue weighted by Gasteiger charge is 2.13. The van der Waals surface area contributed by atoms with Crippen molar-refractivity contribution in [3.05, 3.63) is 29.6 Å². The van der Waals surface area contributed by atoms with Gasteiger partial charge in [-0.1, -0.05) is 12.1 Å². The lowest BCUT2D eigenvalue weighted by atomic mass is 10.1. The number of thiazole rings is 1. The lowest BCUT2D eigenvalue weighted by Crippen LogP contribution is -2.07. The van der Waals surface area contributed by atoms with Crippen molar-refractivity contribution < 1.29 is 18.3 Å². The molecule has 0 radical (unpaired) electrons. The molecule has 0 saturated heterocycles. The predicted molar refractivity (Wildman–Crippen MR) is 74.5 cm³/mol. The van der Waals surface area contributed by atoms with Gasteiger partial charge in [-0.25, -0.2) is 4.98 Å². The van der Waals surface area contributed by atoms with E-state index in [4.69, 9.17) is 4.74 Å². The summed E-state index contributed by atoms with van der Waals surface area (Å²) >= 11 is 1.40. The standard InChI is InChI=1S/C13H14F2N2O2S/c1-18-7-6-16-13-17-10(8-20-13)9-4-2-3-5-11(9)19-12(14)15/h2-5,8,12H,6-7H2,1H3,(H,16,17). The van der Waals surface area contributed by atoms with Crippen LogP contribution in [-0.2, 0) is 4.74 Å². The van der Waals surface area contributed by atoms with Gasteiger partial charge in [0.25, 0.3) is 0 Å². The van der Waals surface area contributed by atoms with Crippen LogP contribution in [0.4, 0.5) is 13.9 Å². The average Bonchev–Trinajstić information content (AvgIpc) is 2.88. The van der Waals surface area contributed by atoms with Crippen LogP contribution in [0.3, 0.4) is 0 Å². The summed E-state index contributed by atoms with van der Waals surface area (Å²) in [4.78, 5) is 4.35. The fourth-order valence-corrected chi connectivity index (χ4v) is 2.36. The highest BCUT2D eigenvalue weighted by Crippen LogP contribution is 2.32. The molecule has 0 aliphatic carbocycles. The third-order valence-corrected chi connectivity index (χ3v) is 3.27. The van der Waals surface area contributed by atoms with Crippen molar-refractivity contribution in [2.75, 3.05) is 25.6 Å². The molecular weight excluding hydrogens is 286 g/mol. The molecule has 20 heavy (non-hydrogen) atoms. The molecule has 1 heterocycles. The Morgan fingerprint density at radius 1 is 1.35 bits per heavy atom. The van der Waals surface area contributed by atoms with E-state index in [9.17, 15) is 8.78 Å². The summed E-state index contributed by atoms with van der Waals surface area (Å²) in [6, 6.07) is 6.60. The number of rotatable bonds is 7. The number of nitrogens with one attached hydrogen (secondary N) is 1. The Bertz CT molecular complexity index is 549. The molecule has 2 aromatic rings. The molecule has 0 amide bonds. The second kappa shape index (κ2) is 7.16. The van der Waals surface area contributed by atoms with Crippen LogP contribution in [0.1, 0.15) is 0 Å². The molecule has 0 bridgehead atoms. The van der Waals surface area contributed by atoms with Crippen molar-refractivity contribution in [1.82, 2.24) is 4.98 Å². The Labute approximate surface area is 119 Å². The van der Waals surface area contributed by atoms with Crippen LogP contribution in [0, 0.1) is 0 Å². The quantitative estimate of drug-likeness (QED) is 0.795. The zero-order valence-electron chi connectivity index (χ0n) is 10.8. The molecule has 0 spiro atoms. The molecule has 0 atom stereocenters. The molecule has 2 rings (SSSR count). The van der Waals surface area contributed by atoms with Crippen LogP contribution in [0.5, 0.6) is 5.75 Å². The Kier molecular flexibility index (Phi) is 5.25. The Morgan fingerprint density at radius 3 is 2.90 bits per heavy atom. The fraction of sp³-hybridized carbons (Fsp3) is 0.308. The predicted octanol–water partition coefficient (Wildman–Crippen LogP) is 3.47. The van der Waals surface area contributed by atoms with Gasteiger partial charge in [0.2, 0.25) is 0 Å². The number of benzene rings is 1. The van der Waals surface area contributed by atoms with E-state index < -0.39 is 6.61 Å². The van der Waals surface area contributed by atoms with E-state index in [1.54, 1.807) is 30.7 Å². The van der Waals surface area contributed by atoms with Gasteiger partial charge in [-0.15, -0.1) is 11.3 Å². The van der Waals surface area contributed by atoms with Gasteiger partial charge in [-0.05, 0) is 12.1 Å². The molecule has 0 unspecified atom stereocenters. The van der Waals surface area contributed by atoms with E-state index in [2.05, 4.69) is 15.0 Å². The van der Waals surface area contributed by atoms with Crippen LogP contribution in [-0.4, -0.2) is 31.9 Å². The molecule has 108 valence electrons. The van der Waals surface area contributed by atoms with Gasteiger partial charge in [0, 0.05) is 24.6 Å². The molecule has 4 nitrogen and oxygen atoms in total. The zero-order valence-corrected chi connectivity index (χ0v) is 11.6. The number of nitrogens with zero attached hydrogens (tertiary/aromatic N) is 1. The third-order valence-electron chi connectivity index (χ3n) is 2.47. The number of alkyl halides is 2. The number of halogens is 2. The number of anilines is 1. The van der Waals surface area contributed by atoms with Crippen LogP contribution in [0.15, 0.2) is 29.6 Å². The number of hydrogen-bond donors (Lipinski definition) is 1. The molecule has 0 aliphatic heterocycles. The lowest BCUT2D eigenvalue weighted by molar-refractivity contribution is -0.0494. The van der Waals surface area contributed by atoms with Gasteiger partial charge in [0.15, 0.2) is 5.13 Å².